The lowest BCUT2D eigenvalue weighted by Crippen LogP contribution is -2.61. The topological polar surface area (TPSA) is 6.48 Å². The average molecular weight is 727 g/mol. The van der Waals surface area contributed by atoms with Crippen LogP contribution in [0, 0.1) is 0 Å². The lowest BCUT2D eigenvalue weighted by Gasteiger charge is -2.45. The van der Waals surface area contributed by atoms with E-state index in [1.54, 1.807) is 0 Å². The molecule has 0 radical (unpaired) electrons. The summed E-state index contributed by atoms with van der Waals surface area (Å²) < 4.78 is 0. The molecule has 55 heavy (non-hydrogen) atoms. The minimum Gasteiger partial charge on any atom is -0.311 e. The highest BCUT2D eigenvalue weighted by Crippen LogP contribution is 2.48. The number of anilines is 6. The van der Waals surface area contributed by atoms with Crippen LogP contribution in [0.25, 0.3) is 0 Å². The van der Waals surface area contributed by atoms with Crippen molar-refractivity contribution in [1.29, 1.82) is 0 Å². The maximum atomic E-state index is 2.62. The van der Waals surface area contributed by atoms with Gasteiger partial charge in [-0.25, -0.2) is 0 Å². The molecular formula is C52H63BN2. The molecule has 8 rings (SSSR count). The van der Waals surface area contributed by atoms with Gasteiger partial charge in [0.2, 0.25) is 0 Å². The Morgan fingerprint density at radius 1 is 0.418 bits per heavy atom. The van der Waals surface area contributed by atoms with E-state index < -0.39 is 0 Å². The predicted molar refractivity (Wildman–Crippen MR) is 241 cm³/mol. The van der Waals surface area contributed by atoms with Crippen LogP contribution in [0.3, 0.4) is 0 Å². The Balaban J connectivity index is 1.47. The molecule has 3 aliphatic rings. The molecule has 0 saturated heterocycles. The summed E-state index contributed by atoms with van der Waals surface area (Å²) in [7, 11) is 0. The van der Waals surface area contributed by atoms with E-state index in [1.807, 2.05) is 0 Å². The minimum atomic E-state index is 0.0216. The van der Waals surface area contributed by atoms with Gasteiger partial charge in [-0.1, -0.05) is 151 Å². The van der Waals surface area contributed by atoms with Crippen molar-refractivity contribution in [3.8, 4) is 0 Å². The Kier molecular flexibility index (Phi) is 9.03. The maximum Gasteiger partial charge on any atom is 0.252 e. The Hall–Kier alpha value is -4.24. The van der Waals surface area contributed by atoms with Crippen LogP contribution in [-0.2, 0) is 21.7 Å². The molecule has 1 aliphatic carbocycles. The summed E-state index contributed by atoms with van der Waals surface area (Å²) in [6.45, 7) is 28.1. The van der Waals surface area contributed by atoms with Gasteiger partial charge < -0.3 is 9.80 Å². The molecule has 0 bridgehead atoms. The summed E-state index contributed by atoms with van der Waals surface area (Å²) in [5.74, 6) is 0.568. The zero-order valence-electron chi connectivity index (χ0n) is 35.8. The Morgan fingerprint density at radius 2 is 0.782 bits per heavy atom. The fourth-order valence-electron chi connectivity index (χ4n) is 9.41. The largest absolute Gasteiger partial charge is 0.311 e. The van der Waals surface area contributed by atoms with Crippen LogP contribution in [0.4, 0.5) is 34.1 Å². The van der Waals surface area contributed by atoms with Gasteiger partial charge in [-0.05, 0) is 133 Å². The molecule has 2 aliphatic heterocycles. The van der Waals surface area contributed by atoms with Gasteiger partial charge in [-0.3, -0.25) is 0 Å². The molecule has 284 valence electrons. The number of hydrogen-bond acceptors (Lipinski definition) is 2. The van der Waals surface area contributed by atoms with Crippen molar-refractivity contribution in [3.63, 3.8) is 0 Å². The smallest absolute Gasteiger partial charge is 0.252 e. The van der Waals surface area contributed by atoms with Crippen LogP contribution in [0.1, 0.15) is 149 Å². The van der Waals surface area contributed by atoms with Crippen molar-refractivity contribution >= 4 is 57.2 Å². The first-order valence-electron chi connectivity index (χ1n) is 21.1. The third-order valence-corrected chi connectivity index (χ3v) is 12.9. The molecular weight excluding hydrogens is 663 g/mol. The van der Waals surface area contributed by atoms with Gasteiger partial charge in [-0.2, -0.15) is 0 Å². The molecule has 3 heteroatoms. The molecule has 1 fully saturated rings. The van der Waals surface area contributed by atoms with Crippen molar-refractivity contribution < 1.29 is 0 Å². The first-order valence-corrected chi connectivity index (χ1v) is 21.1. The van der Waals surface area contributed by atoms with Gasteiger partial charge in [0.05, 0.1) is 0 Å². The van der Waals surface area contributed by atoms with E-state index in [1.165, 1.54) is 110 Å². The molecule has 5 aromatic carbocycles. The summed E-state index contributed by atoms with van der Waals surface area (Å²) in [6, 6.07) is 38.9. The Labute approximate surface area is 333 Å². The lowest BCUT2D eigenvalue weighted by atomic mass is 9.33. The fourth-order valence-corrected chi connectivity index (χ4v) is 9.41. The molecule has 0 atom stereocenters. The van der Waals surface area contributed by atoms with Crippen LogP contribution < -0.4 is 26.2 Å². The van der Waals surface area contributed by atoms with Crippen molar-refractivity contribution in [2.75, 3.05) is 9.80 Å². The zero-order valence-corrected chi connectivity index (χ0v) is 35.8. The van der Waals surface area contributed by atoms with E-state index in [4.69, 9.17) is 0 Å². The molecule has 0 spiro atoms. The number of rotatable bonds is 3. The van der Waals surface area contributed by atoms with Gasteiger partial charge in [0.25, 0.3) is 6.71 Å². The highest BCUT2D eigenvalue weighted by Gasteiger charge is 2.45. The summed E-state index contributed by atoms with van der Waals surface area (Å²) in [5, 5.41) is 0. The van der Waals surface area contributed by atoms with Crippen LogP contribution >= 0.6 is 0 Å². The van der Waals surface area contributed by atoms with Gasteiger partial charge in [-0.15, -0.1) is 0 Å². The van der Waals surface area contributed by atoms with E-state index in [0.29, 0.717) is 5.92 Å². The van der Waals surface area contributed by atoms with E-state index in [9.17, 15) is 0 Å². The summed E-state index contributed by atoms with van der Waals surface area (Å²) in [4.78, 5) is 5.24. The fraction of sp³-hybridized carbons (Fsp3) is 0.423. The normalized spacial score (nSPS) is 16.2. The molecule has 2 nitrogen and oxygen atoms in total. The molecule has 1 saturated carbocycles. The first kappa shape index (κ1) is 37.7. The van der Waals surface area contributed by atoms with Crippen molar-refractivity contribution in [2.24, 2.45) is 0 Å². The van der Waals surface area contributed by atoms with E-state index >= 15 is 0 Å². The molecule has 5 aromatic rings. The van der Waals surface area contributed by atoms with Crippen molar-refractivity contribution in [3.05, 3.63) is 125 Å². The first-order chi connectivity index (χ1) is 25.8. The average Bonchev–Trinajstić information content (AvgIpc) is 3.13. The van der Waals surface area contributed by atoms with Crippen LogP contribution in [0.5, 0.6) is 0 Å². The Morgan fingerprint density at radius 3 is 1.15 bits per heavy atom. The SMILES string of the molecule is CC(C)(C)c1ccc(N2c3ccc(C(C)(C)C)cc3B3c4cc(C(C)(C)C)ccc4N(c4ccc(C(C)(C)C)cc4)c4cc(C5CCCCC5)cc2c43)cc1. The van der Waals surface area contributed by atoms with Gasteiger partial charge in [0.1, 0.15) is 0 Å². The molecule has 2 heterocycles. The molecule has 0 aromatic heterocycles. The molecule has 0 N–H and O–H groups in total. The van der Waals surface area contributed by atoms with E-state index in [0.717, 1.165) is 0 Å². The Bertz CT molecular complexity index is 2080. The molecule has 0 amide bonds. The second kappa shape index (κ2) is 13.2. The number of hydrogen-bond donors (Lipinski definition) is 0. The second-order valence-electron chi connectivity index (χ2n) is 21.1. The van der Waals surface area contributed by atoms with Crippen LogP contribution in [0.2, 0.25) is 0 Å². The van der Waals surface area contributed by atoms with E-state index in [2.05, 4.69) is 190 Å². The standard InChI is InChI=1S/C52H63BN2/c1-49(2,3)36-18-24-40(25-19-36)54-44-28-22-38(51(7,8)9)32-42(44)53-43-33-39(52(10,11)12)23-29-45(43)55(41-26-20-37(21-27-41)50(4,5)6)47-31-35(30-46(54)48(47)53)34-16-14-13-15-17-34/h18-34H,13-17H2,1-12H3. The maximum absolute atomic E-state index is 2.62. The highest BCUT2D eigenvalue weighted by atomic mass is 15.2. The van der Waals surface area contributed by atoms with Gasteiger partial charge in [0.15, 0.2) is 0 Å². The highest BCUT2D eigenvalue weighted by molar-refractivity contribution is 7.00. The van der Waals surface area contributed by atoms with Crippen LogP contribution in [-0.4, -0.2) is 6.71 Å². The predicted octanol–water partition coefficient (Wildman–Crippen LogP) is 13.0. The monoisotopic (exact) mass is 727 g/mol. The molecule has 0 unspecified atom stereocenters. The van der Waals surface area contributed by atoms with Crippen molar-refractivity contribution in [1.82, 2.24) is 0 Å². The number of nitrogens with zero attached hydrogens (tertiary/aromatic N) is 2. The third kappa shape index (κ3) is 6.74. The minimum absolute atomic E-state index is 0.0216. The summed E-state index contributed by atoms with van der Waals surface area (Å²) >= 11 is 0. The van der Waals surface area contributed by atoms with Crippen LogP contribution in [0.15, 0.2) is 97.1 Å². The quantitative estimate of drug-likeness (QED) is 0.167. The summed E-state index contributed by atoms with van der Waals surface area (Å²) in [5.41, 5.74) is 19.2. The number of benzene rings is 5. The van der Waals surface area contributed by atoms with Crippen molar-refractivity contribution in [2.45, 2.75) is 143 Å². The van der Waals surface area contributed by atoms with E-state index in [-0.39, 0.29) is 28.4 Å². The summed E-state index contributed by atoms with van der Waals surface area (Å²) in [6.07, 6.45) is 6.50. The third-order valence-electron chi connectivity index (χ3n) is 12.9. The zero-order chi connectivity index (χ0) is 39.2. The van der Waals surface area contributed by atoms with Gasteiger partial charge >= 0.3 is 0 Å². The van der Waals surface area contributed by atoms with Gasteiger partial charge in [0, 0.05) is 34.1 Å². The lowest BCUT2D eigenvalue weighted by molar-refractivity contribution is 0.444. The number of fused-ring (bicyclic) bond motifs is 4. The second-order valence-corrected chi connectivity index (χ2v) is 21.1.